The van der Waals surface area contributed by atoms with E-state index < -0.39 is 23.7 Å². The summed E-state index contributed by atoms with van der Waals surface area (Å²) < 4.78 is 13.8. The Morgan fingerprint density at radius 3 is 2.52 bits per heavy atom. The molecule has 0 saturated heterocycles. The molecule has 3 rings (SSSR count). The molecule has 126 valence electrons. The first-order valence-electron chi connectivity index (χ1n) is 7.74. The average molecular weight is 337 g/mol. The summed E-state index contributed by atoms with van der Waals surface area (Å²) in [4.78, 5) is 28.3. The molecule has 2 aromatic carbocycles. The zero-order valence-electron chi connectivity index (χ0n) is 13.3. The predicted octanol–water partition coefficient (Wildman–Crippen LogP) is 2.20. The highest BCUT2D eigenvalue weighted by atomic mass is 19.1. The van der Waals surface area contributed by atoms with Gasteiger partial charge in [-0.2, -0.15) is 0 Å². The van der Waals surface area contributed by atoms with Crippen molar-refractivity contribution in [3.05, 3.63) is 77.7 Å². The Bertz CT molecular complexity index is 943. The lowest BCUT2D eigenvalue weighted by Crippen LogP contribution is -2.46. The van der Waals surface area contributed by atoms with Crippen LogP contribution in [0, 0.1) is 5.82 Å². The number of pyridine rings is 1. The van der Waals surface area contributed by atoms with Gasteiger partial charge in [0.1, 0.15) is 17.6 Å². The topological polar surface area (TPSA) is 85.1 Å². The van der Waals surface area contributed by atoms with Gasteiger partial charge in [-0.05, 0) is 23.8 Å². The van der Waals surface area contributed by atoms with E-state index in [2.05, 4.69) is 10.3 Å². The summed E-state index contributed by atoms with van der Waals surface area (Å²) in [7, 11) is 0. The molecule has 1 heterocycles. The van der Waals surface area contributed by atoms with Crippen LogP contribution in [0.3, 0.4) is 0 Å². The van der Waals surface area contributed by atoms with E-state index in [1.54, 1.807) is 36.4 Å². The number of nitrogens with zero attached hydrogens (tertiary/aromatic N) is 1. The molecular weight excluding hydrogens is 321 g/mol. The molecule has 25 heavy (non-hydrogen) atoms. The van der Waals surface area contributed by atoms with Crippen molar-refractivity contribution in [3.8, 4) is 0 Å². The monoisotopic (exact) mass is 337 g/mol. The van der Waals surface area contributed by atoms with E-state index in [9.17, 15) is 14.0 Å². The van der Waals surface area contributed by atoms with Gasteiger partial charge >= 0.3 is 0 Å². The molecule has 0 fully saturated rings. The van der Waals surface area contributed by atoms with Crippen LogP contribution in [0.2, 0.25) is 0 Å². The van der Waals surface area contributed by atoms with Crippen LogP contribution in [0.1, 0.15) is 16.1 Å². The molecule has 3 aromatic rings. The summed E-state index contributed by atoms with van der Waals surface area (Å²) in [6, 6.07) is 15.7. The van der Waals surface area contributed by atoms with Crippen LogP contribution in [0.25, 0.3) is 10.9 Å². The Labute approximate surface area is 143 Å². The Balaban J connectivity index is 1.80. The zero-order chi connectivity index (χ0) is 17.8. The number of amides is 2. The van der Waals surface area contributed by atoms with Crippen molar-refractivity contribution in [2.24, 2.45) is 5.73 Å². The molecular formula is C19H16FN3O2. The molecule has 5 nitrogen and oxygen atoms in total. The Kier molecular flexibility index (Phi) is 4.70. The minimum absolute atomic E-state index is 0.0265. The van der Waals surface area contributed by atoms with Crippen LogP contribution < -0.4 is 11.1 Å². The third-order valence-corrected chi connectivity index (χ3v) is 3.86. The van der Waals surface area contributed by atoms with Gasteiger partial charge in [0.2, 0.25) is 5.91 Å². The summed E-state index contributed by atoms with van der Waals surface area (Å²) in [5, 5.41) is 3.43. The van der Waals surface area contributed by atoms with E-state index >= 15 is 0 Å². The number of rotatable bonds is 5. The largest absolute Gasteiger partial charge is 0.368 e. The van der Waals surface area contributed by atoms with Gasteiger partial charge < -0.3 is 11.1 Å². The number of halogens is 1. The molecule has 3 N–H and O–H groups in total. The minimum atomic E-state index is -1.03. The maximum Gasteiger partial charge on any atom is 0.270 e. The molecule has 0 unspecified atom stereocenters. The SMILES string of the molecule is NC(=O)[C@@H](Cc1ccccc1F)NC(=O)c1ccc2ccccc2n1. The van der Waals surface area contributed by atoms with Crippen LogP contribution in [0.4, 0.5) is 4.39 Å². The van der Waals surface area contributed by atoms with Gasteiger partial charge in [0, 0.05) is 11.8 Å². The quantitative estimate of drug-likeness (QED) is 0.748. The Hall–Kier alpha value is -3.28. The van der Waals surface area contributed by atoms with Crippen LogP contribution in [-0.4, -0.2) is 22.8 Å². The molecule has 0 aliphatic heterocycles. The molecule has 0 saturated carbocycles. The Morgan fingerprint density at radius 2 is 1.76 bits per heavy atom. The molecule has 0 spiro atoms. The first-order chi connectivity index (χ1) is 12.0. The summed E-state index contributed by atoms with van der Waals surface area (Å²) in [6.45, 7) is 0. The van der Waals surface area contributed by atoms with E-state index in [0.717, 1.165) is 5.39 Å². The van der Waals surface area contributed by atoms with E-state index in [1.165, 1.54) is 6.07 Å². The smallest absolute Gasteiger partial charge is 0.270 e. The summed E-state index contributed by atoms with van der Waals surface area (Å²) in [5.74, 6) is -1.73. The lowest BCUT2D eigenvalue weighted by atomic mass is 10.0. The number of carbonyl (C=O) groups excluding carboxylic acids is 2. The van der Waals surface area contributed by atoms with Crippen LogP contribution in [0.5, 0.6) is 0 Å². The normalized spacial score (nSPS) is 11.9. The number of fused-ring (bicyclic) bond motifs is 1. The average Bonchev–Trinajstić information content (AvgIpc) is 2.62. The van der Waals surface area contributed by atoms with Gasteiger partial charge in [0.25, 0.3) is 5.91 Å². The fraction of sp³-hybridized carbons (Fsp3) is 0.105. The van der Waals surface area contributed by atoms with Gasteiger partial charge in [0.15, 0.2) is 0 Å². The van der Waals surface area contributed by atoms with Gasteiger partial charge in [-0.1, -0.05) is 42.5 Å². The molecule has 0 aliphatic rings. The highest BCUT2D eigenvalue weighted by Gasteiger charge is 2.21. The van der Waals surface area contributed by atoms with Crippen molar-refractivity contribution in [2.75, 3.05) is 0 Å². The second-order valence-corrected chi connectivity index (χ2v) is 5.61. The van der Waals surface area contributed by atoms with E-state index in [4.69, 9.17) is 5.73 Å². The van der Waals surface area contributed by atoms with Gasteiger partial charge in [-0.15, -0.1) is 0 Å². The third-order valence-electron chi connectivity index (χ3n) is 3.86. The highest BCUT2D eigenvalue weighted by molar-refractivity contribution is 5.97. The Morgan fingerprint density at radius 1 is 1.04 bits per heavy atom. The highest BCUT2D eigenvalue weighted by Crippen LogP contribution is 2.13. The fourth-order valence-electron chi connectivity index (χ4n) is 2.53. The van der Waals surface area contributed by atoms with Crippen molar-refractivity contribution >= 4 is 22.7 Å². The summed E-state index contributed by atoms with van der Waals surface area (Å²) in [6.07, 6.45) is -0.0265. The molecule has 0 radical (unpaired) electrons. The van der Waals surface area contributed by atoms with Crippen LogP contribution in [-0.2, 0) is 11.2 Å². The van der Waals surface area contributed by atoms with E-state index in [-0.39, 0.29) is 12.1 Å². The second kappa shape index (κ2) is 7.09. The number of primary amides is 1. The number of carbonyl (C=O) groups is 2. The van der Waals surface area contributed by atoms with E-state index in [1.807, 2.05) is 18.2 Å². The van der Waals surface area contributed by atoms with Gasteiger partial charge in [-0.3, -0.25) is 9.59 Å². The van der Waals surface area contributed by atoms with Crippen LogP contribution in [0.15, 0.2) is 60.7 Å². The third kappa shape index (κ3) is 3.80. The number of para-hydroxylation sites is 1. The first-order valence-corrected chi connectivity index (χ1v) is 7.74. The van der Waals surface area contributed by atoms with Gasteiger partial charge in [0.05, 0.1) is 5.52 Å². The lowest BCUT2D eigenvalue weighted by Gasteiger charge is -2.16. The predicted molar refractivity (Wildman–Crippen MR) is 92.3 cm³/mol. The number of nitrogens with one attached hydrogen (secondary N) is 1. The number of benzene rings is 2. The maximum absolute atomic E-state index is 13.8. The number of hydrogen-bond donors (Lipinski definition) is 2. The van der Waals surface area contributed by atoms with Crippen LogP contribution >= 0.6 is 0 Å². The lowest BCUT2D eigenvalue weighted by molar-refractivity contribution is -0.119. The first kappa shape index (κ1) is 16.6. The van der Waals surface area contributed by atoms with Crippen molar-refractivity contribution in [1.82, 2.24) is 10.3 Å². The number of nitrogens with two attached hydrogens (primary N) is 1. The van der Waals surface area contributed by atoms with Gasteiger partial charge in [-0.25, -0.2) is 9.37 Å². The minimum Gasteiger partial charge on any atom is -0.368 e. The number of aromatic nitrogens is 1. The maximum atomic E-state index is 13.8. The molecule has 6 heteroatoms. The standard InChI is InChI=1S/C19H16FN3O2/c20-14-7-3-1-6-13(14)11-17(18(21)24)23-19(25)16-10-9-12-5-2-4-8-15(12)22-16/h1-10,17H,11H2,(H2,21,24)(H,23,25)/t17-/m1/s1. The van der Waals surface area contributed by atoms with Crippen molar-refractivity contribution in [1.29, 1.82) is 0 Å². The molecule has 0 bridgehead atoms. The fourth-order valence-corrected chi connectivity index (χ4v) is 2.53. The molecule has 1 atom stereocenters. The second-order valence-electron chi connectivity index (χ2n) is 5.61. The van der Waals surface area contributed by atoms with Crippen molar-refractivity contribution < 1.29 is 14.0 Å². The molecule has 1 aromatic heterocycles. The summed E-state index contributed by atoms with van der Waals surface area (Å²) >= 11 is 0. The molecule has 0 aliphatic carbocycles. The van der Waals surface area contributed by atoms with E-state index in [0.29, 0.717) is 11.1 Å². The summed E-state index contributed by atoms with van der Waals surface area (Å²) in [5.41, 5.74) is 6.49. The zero-order valence-corrected chi connectivity index (χ0v) is 13.3. The van der Waals surface area contributed by atoms with Crippen molar-refractivity contribution in [2.45, 2.75) is 12.5 Å². The number of hydrogen-bond acceptors (Lipinski definition) is 3. The molecule has 2 amide bonds. The van der Waals surface area contributed by atoms with Crippen molar-refractivity contribution in [3.63, 3.8) is 0 Å².